The quantitative estimate of drug-likeness (QED) is 0.708. The van der Waals surface area contributed by atoms with Crippen molar-refractivity contribution >= 4 is 11.9 Å². The van der Waals surface area contributed by atoms with Gasteiger partial charge in [-0.3, -0.25) is 4.79 Å². The van der Waals surface area contributed by atoms with E-state index in [1.165, 1.54) is 0 Å². The van der Waals surface area contributed by atoms with Crippen molar-refractivity contribution < 1.29 is 23.8 Å². The molecule has 2 rings (SSSR count). The monoisotopic (exact) mass is 356 g/mol. The molecule has 2 aromatic rings. The molecule has 0 aliphatic heterocycles. The van der Waals surface area contributed by atoms with Gasteiger partial charge >= 0.3 is 11.9 Å². The molecule has 0 heterocycles. The Morgan fingerprint density at radius 3 is 2.12 bits per heavy atom. The number of hydrogen-bond acceptors (Lipinski definition) is 5. The van der Waals surface area contributed by atoms with Crippen LogP contribution in [0.2, 0.25) is 0 Å². The van der Waals surface area contributed by atoms with Gasteiger partial charge in [-0.1, -0.05) is 42.5 Å². The highest BCUT2D eigenvalue weighted by Crippen LogP contribution is 2.14. The van der Waals surface area contributed by atoms with Gasteiger partial charge < -0.3 is 14.2 Å². The summed E-state index contributed by atoms with van der Waals surface area (Å²) in [6, 6.07) is 16.5. The summed E-state index contributed by atoms with van der Waals surface area (Å²) in [7, 11) is 0. The van der Waals surface area contributed by atoms with E-state index >= 15 is 0 Å². The molecule has 138 valence electrons. The average molecular weight is 356 g/mol. The van der Waals surface area contributed by atoms with Crippen molar-refractivity contribution in [2.45, 2.75) is 39.4 Å². The summed E-state index contributed by atoms with van der Waals surface area (Å²) in [5.74, 6) is -0.181. The topological polar surface area (TPSA) is 61.8 Å². The standard InChI is InChI=1S/C21H24O5/c1-21(2,3)26-20(23)15-24-18-11-9-16(10-12-18)13-19(22)25-14-17-7-5-4-6-8-17/h4-12H,13-15H2,1-3H3. The summed E-state index contributed by atoms with van der Waals surface area (Å²) < 4.78 is 15.8. The third-order valence-electron chi connectivity index (χ3n) is 3.29. The summed E-state index contributed by atoms with van der Waals surface area (Å²) in [6.45, 7) is 5.51. The zero-order valence-corrected chi connectivity index (χ0v) is 15.4. The van der Waals surface area contributed by atoms with Crippen molar-refractivity contribution in [3.8, 4) is 5.75 Å². The lowest BCUT2D eigenvalue weighted by molar-refractivity contribution is -0.157. The second kappa shape index (κ2) is 9.04. The molecular formula is C21H24O5. The SMILES string of the molecule is CC(C)(C)OC(=O)COc1ccc(CC(=O)OCc2ccccc2)cc1. The van der Waals surface area contributed by atoms with Gasteiger partial charge in [0.15, 0.2) is 6.61 Å². The smallest absolute Gasteiger partial charge is 0.344 e. The van der Waals surface area contributed by atoms with Crippen LogP contribution < -0.4 is 4.74 Å². The third-order valence-corrected chi connectivity index (χ3v) is 3.29. The van der Waals surface area contributed by atoms with Crippen LogP contribution >= 0.6 is 0 Å². The molecule has 5 nitrogen and oxygen atoms in total. The molecule has 0 aliphatic carbocycles. The molecule has 0 saturated heterocycles. The molecule has 0 radical (unpaired) electrons. The molecule has 0 saturated carbocycles. The summed E-state index contributed by atoms with van der Waals surface area (Å²) in [4.78, 5) is 23.5. The summed E-state index contributed by atoms with van der Waals surface area (Å²) >= 11 is 0. The first kappa shape index (κ1) is 19.5. The molecule has 0 atom stereocenters. The van der Waals surface area contributed by atoms with Crippen LogP contribution in [-0.4, -0.2) is 24.1 Å². The van der Waals surface area contributed by atoms with E-state index in [1.54, 1.807) is 45.0 Å². The van der Waals surface area contributed by atoms with Gasteiger partial charge in [-0.25, -0.2) is 4.79 Å². The van der Waals surface area contributed by atoms with Crippen molar-refractivity contribution in [3.05, 3.63) is 65.7 Å². The second-order valence-electron chi connectivity index (χ2n) is 6.84. The second-order valence-corrected chi connectivity index (χ2v) is 6.84. The highest BCUT2D eigenvalue weighted by Gasteiger charge is 2.16. The third kappa shape index (κ3) is 7.38. The molecule has 0 bridgehead atoms. The van der Waals surface area contributed by atoms with E-state index < -0.39 is 11.6 Å². The van der Waals surface area contributed by atoms with Gasteiger partial charge in [-0.05, 0) is 44.0 Å². The van der Waals surface area contributed by atoms with Gasteiger partial charge in [0.1, 0.15) is 18.0 Å². The van der Waals surface area contributed by atoms with Crippen LogP contribution in [0.5, 0.6) is 5.75 Å². The minimum absolute atomic E-state index is 0.157. The Kier molecular flexibility index (Phi) is 6.78. The largest absolute Gasteiger partial charge is 0.482 e. The molecule has 0 fully saturated rings. The molecule has 0 unspecified atom stereocenters. The highest BCUT2D eigenvalue weighted by atomic mass is 16.6. The Bertz CT molecular complexity index is 714. The Labute approximate surface area is 153 Å². The maximum atomic E-state index is 11.9. The fourth-order valence-electron chi connectivity index (χ4n) is 2.17. The van der Waals surface area contributed by atoms with Crippen LogP contribution in [0, 0.1) is 0 Å². The van der Waals surface area contributed by atoms with Crippen molar-refractivity contribution in [3.63, 3.8) is 0 Å². The van der Waals surface area contributed by atoms with Crippen LogP contribution in [-0.2, 0) is 32.1 Å². The van der Waals surface area contributed by atoms with E-state index in [9.17, 15) is 9.59 Å². The van der Waals surface area contributed by atoms with Gasteiger partial charge in [0.2, 0.25) is 0 Å². The van der Waals surface area contributed by atoms with Crippen LogP contribution in [0.4, 0.5) is 0 Å². The fraction of sp³-hybridized carbons (Fsp3) is 0.333. The first-order valence-corrected chi connectivity index (χ1v) is 8.45. The summed E-state index contributed by atoms with van der Waals surface area (Å²) in [5, 5.41) is 0. The van der Waals surface area contributed by atoms with E-state index in [4.69, 9.17) is 14.2 Å². The Morgan fingerprint density at radius 2 is 1.50 bits per heavy atom. The molecule has 0 aliphatic rings. The molecule has 0 aromatic heterocycles. The van der Waals surface area contributed by atoms with Gasteiger partial charge in [0.25, 0.3) is 0 Å². The van der Waals surface area contributed by atoms with E-state index in [-0.39, 0.29) is 25.6 Å². The van der Waals surface area contributed by atoms with Crippen LogP contribution in [0.25, 0.3) is 0 Å². The first-order chi connectivity index (χ1) is 12.3. The molecule has 0 spiro atoms. The minimum Gasteiger partial charge on any atom is -0.482 e. The number of rotatable bonds is 7. The first-order valence-electron chi connectivity index (χ1n) is 8.45. The molecule has 26 heavy (non-hydrogen) atoms. The normalized spacial score (nSPS) is 10.9. The number of ether oxygens (including phenoxy) is 3. The average Bonchev–Trinajstić information content (AvgIpc) is 2.59. The lowest BCUT2D eigenvalue weighted by Crippen LogP contribution is -2.27. The van der Waals surface area contributed by atoms with Crippen molar-refractivity contribution in [1.82, 2.24) is 0 Å². The maximum Gasteiger partial charge on any atom is 0.344 e. The maximum absolute atomic E-state index is 11.9. The zero-order chi connectivity index (χ0) is 19.0. The summed E-state index contributed by atoms with van der Waals surface area (Å²) in [6.07, 6.45) is 0.180. The van der Waals surface area contributed by atoms with E-state index in [1.807, 2.05) is 30.3 Å². The highest BCUT2D eigenvalue weighted by molar-refractivity contribution is 5.73. The lowest BCUT2D eigenvalue weighted by Gasteiger charge is -2.19. The Morgan fingerprint density at radius 1 is 0.846 bits per heavy atom. The zero-order valence-electron chi connectivity index (χ0n) is 15.4. The summed E-state index contributed by atoms with van der Waals surface area (Å²) in [5.41, 5.74) is 1.23. The molecular weight excluding hydrogens is 332 g/mol. The molecule has 2 aromatic carbocycles. The van der Waals surface area contributed by atoms with Crippen molar-refractivity contribution in [2.24, 2.45) is 0 Å². The number of benzene rings is 2. The predicted molar refractivity (Wildman–Crippen MR) is 97.7 cm³/mol. The van der Waals surface area contributed by atoms with Crippen molar-refractivity contribution in [2.75, 3.05) is 6.61 Å². The molecule has 0 amide bonds. The fourth-order valence-corrected chi connectivity index (χ4v) is 2.17. The van der Waals surface area contributed by atoms with Crippen LogP contribution in [0.1, 0.15) is 31.9 Å². The van der Waals surface area contributed by atoms with Crippen LogP contribution in [0.3, 0.4) is 0 Å². The number of carbonyl (C=O) groups is 2. The molecule has 0 N–H and O–H groups in total. The van der Waals surface area contributed by atoms with E-state index in [2.05, 4.69) is 0 Å². The van der Waals surface area contributed by atoms with Gasteiger partial charge in [-0.15, -0.1) is 0 Å². The van der Waals surface area contributed by atoms with E-state index in [0.717, 1.165) is 11.1 Å². The number of carbonyl (C=O) groups excluding carboxylic acids is 2. The molecule has 5 heteroatoms. The van der Waals surface area contributed by atoms with Crippen LogP contribution in [0.15, 0.2) is 54.6 Å². The van der Waals surface area contributed by atoms with Gasteiger partial charge in [-0.2, -0.15) is 0 Å². The number of esters is 2. The van der Waals surface area contributed by atoms with Crippen molar-refractivity contribution in [1.29, 1.82) is 0 Å². The Hall–Kier alpha value is -2.82. The minimum atomic E-state index is -0.537. The van der Waals surface area contributed by atoms with E-state index in [0.29, 0.717) is 5.75 Å². The number of hydrogen-bond donors (Lipinski definition) is 0. The van der Waals surface area contributed by atoms with Gasteiger partial charge in [0.05, 0.1) is 6.42 Å². The van der Waals surface area contributed by atoms with Gasteiger partial charge in [0, 0.05) is 0 Å². The predicted octanol–water partition coefficient (Wildman–Crippen LogP) is 3.69. The lowest BCUT2D eigenvalue weighted by atomic mass is 10.1. The Balaban J connectivity index is 1.76.